The molecular weight excluding hydrogens is 733 g/mol. The van der Waals surface area contributed by atoms with E-state index in [-0.39, 0.29) is 34.0 Å². The van der Waals surface area contributed by atoms with Gasteiger partial charge in [0.25, 0.3) is 6.71 Å². The maximum Gasteiger partial charge on any atom is 0.252 e. The van der Waals surface area contributed by atoms with Gasteiger partial charge in [-0.3, -0.25) is 0 Å². The molecule has 7 aromatic rings. The van der Waals surface area contributed by atoms with E-state index in [2.05, 4.69) is 156 Å². The van der Waals surface area contributed by atoms with Crippen LogP contribution >= 0.6 is 11.3 Å². The number of fused-ring (bicyclic) bond motifs is 15. The van der Waals surface area contributed by atoms with Crippen LogP contribution in [-0.2, 0) is 16.2 Å². The number of hydrogen-bond acceptors (Lipinski definition) is 3. The Bertz CT molecular complexity index is 3070. The summed E-state index contributed by atoms with van der Waals surface area (Å²) in [5.41, 5.74) is 22.0. The monoisotopic (exact) mass is 789 g/mol. The molecule has 2 saturated carbocycles. The zero-order valence-corrected chi connectivity index (χ0v) is 37.3. The Balaban J connectivity index is 1.22. The molecule has 5 aromatic carbocycles. The normalized spacial score (nSPS) is 27.4. The van der Waals surface area contributed by atoms with E-state index in [9.17, 15) is 0 Å². The minimum Gasteiger partial charge on any atom is -0.335 e. The molecule has 13 rings (SSSR count). The first-order valence-electron chi connectivity index (χ1n) is 22.7. The first kappa shape index (κ1) is 35.3. The van der Waals surface area contributed by atoms with Crippen molar-refractivity contribution in [3.05, 3.63) is 107 Å². The number of aromatic nitrogens is 1. The zero-order chi connectivity index (χ0) is 40.3. The lowest BCUT2D eigenvalue weighted by Gasteiger charge is -2.53. The van der Waals surface area contributed by atoms with Crippen molar-refractivity contribution in [2.24, 2.45) is 0 Å². The van der Waals surface area contributed by atoms with Crippen molar-refractivity contribution in [3.8, 4) is 5.69 Å². The van der Waals surface area contributed by atoms with Crippen molar-refractivity contribution in [1.29, 1.82) is 0 Å². The second-order valence-corrected chi connectivity index (χ2v) is 22.7. The second-order valence-electron chi connectivity index (χ2n) is 21.7. The minimum absolute atomic E-state index is 0.0134. The van der Waals surface area contributed by atoms with Gasteiger partial charge in [-0.25, -0.2) is 0 Å². The Morgan fingerprint density at radius 2 is 1.36 bits per heavy atom. The fourth-order valence-corrected chi connectivity index (χ4v) is 15.8. The number of hydrogen-bond donors (Lipinski definition) is 0. The summed E-state index contributed by atoms with van der Waals surface area (Å²) in [5, 5.41) is 2.80. The van der Waals surface area contributed by atoms with E-state index in [0.717, 1.165) is 0 Å². The quantitative estimate of drug-likeness (QED) is 0.154. The van der Waals surface area contributed by atoms with Crippen LogP contribution in [0.5, 0.6) is 0 Å². The smallest absolute Gasteiger partial charge is 0.252 e. The van der Waals surface area contributed by atoms with E-state index in [1.807, 2.05) is 11.3 Å². The average Bonchev–Trinajstić information content (AvgIpc) is 3.85. The van der Waals surface area contributed by atoms with E-state index in [1.165, 1.54) is 144 Å². The third-order valence-corrected chi connectivity index (χ3v) is 18.9. The number of anilines is 4. The maximum atomic E-state index is 2.94. The SMILES string of the molecule is Cc1cc(C)c2c(c1)N(c1cc3c4c(c1)-n1c5c(cc(C(C)(C)C)cc5c5sc6ccccc6c51)B4c1cccc4c1N3C1(C)CCCCC41C)C1(C)CCCCC21C. The molecule has 4 aliphatic heterocycles. The van der Waals surface area contributed by atoms with Crippen LogP contribution < -0.4 is 26.2 Å². The van der Waals surface area contributed by atoms with Crippen molar-refractivity contribution in [2.75, 3.05) is 9.80 Å². The number of nitrogens with zero attached hydrogens (tertiary/aromatic N) is 3. The average molecular weight is 790 g/mol. The molecule has 0 spiro atoms. The molecule has 4 unspecified atom stereocenters. The maximum absolute atomic E-state index is 2.94. The summed E-state index contributed by atoms with van der Waals surface area (Å²) in [6, 6.07) is 32.2. The number of thiophene rings is 1. The third kappa shape index (κ3) is 3.91. The molecule has 0 bridgehead atoms. The summed E-state index contributed by atoms with van der Waals surface area (Å²) < 4.78 is 5.58. The van der Waals surface area contributed by atoms with Crippen LogP contribution in [0.2, 0.25) is 0 Å². The minimum atomic E-state index is -0.0386. The van der Waals surface area contributed by atoms with Gasteiger partial charge in [-0.2, -0.15) is 0 Å². The predicted octanol–water partition coefficient (Wildman–Crippen LogP) is 12.5. The molecule has 59 heavy (non-hydrogen) atoms. The van der Waals surface area contributed by atoms with Crippen LogP contribution in [-0.4, -0.2) is 22.4 Å². The topological polar surface area (TPSA) is 11.4 Å². The van der Waals surface area contributed by atoms with Crippen molar-refractivity contribution in [3.63, 3.8) is 0 Å². The molecule has 296 valence electrons. The van der Waals surface area contributed by atoms with E-state index in [4.69, 9.17) is 0 Å². The van der Waals surface area contributed by atoms with Crippen molar-refractivity contribution < 1.29 is 0 Å². The Morgan fingerprint density at radius 3 is 2.14 bits per heavy atom. The van der Waals surface area contributed by atoms with E-state index in [1.54, 1.807) is 11.1 Å². The fourth-order valence-electron chi connectivity index (χ4n) is 14.6. The van der Waals surface area contributed by atoms with Gasteiger partial charge in [-0.15, -0.1) is 11.3 Å². The molecule has 0 N–H and O–H groups in total. The molecule has 4 atom stereocenters. The lowest BCUT2D eigenvalue weighted by atomic mass is 9.33. The van der Waals surface area contributed by atoms with Gasteiger partial charge < -0.3 is 14.4 Å². The molecule has 6 heterocycles. The molecule has 0 saturated heterocycles. The highest BCUT2D eigenvalue weighted by molar-refractivity contribution is 7.26. The second kappa shape index (κ2) is 10.9. The Morgan fingerprint density at radius 1 is 0.644 bits per heavy atom. The van der Waals surface area contributed by atoms with E-state index < -0.39 is 0 Å². The van der Waals surface area contributed by atoms with Crippen LogP contribution in [0.1, 0.15) is 128 Å². The van der Waals surface area contributed by atoms with Crippen molar-refractivity contribution >= 4 is 88.4 Å². The predicted molar refractivity (Wildman–Crippen MR) is 255 cm³/mol. The fraction of sp³-hybridized carbons (Fsp3) is 0.407. The summed E-state index contributed by atoms with van der Waals surface area (Å²) in [7, 11) is 0. The summed E-state index contributed by atoms with van der Waals surface area (Å²) >= 11 is 2.00. The standard InChI is InChI=1S/C54H56BN3S/c1-31-25-32(2)44-40(26-31)57(54(9)24-15-13-22-52(44,54)7)34-29-41-45-42(30-34)58-48-37(51(6)21-12-14-23-53(51,58)8)18-16-19-38(48)55(45)39-28-33(50(3,4)5)27-36-46(39)56(41)47-35-17-10-11-20-43(35)59-49(36)47/h10-11,16-20,25-30H,12-15,21-24H2,1-9H3. The summed E-state index contributed by atoms with van der Waals surface area (Å²) in [4.78, 5) is 5.83. The number of benzene rings is 5. The molecule has 5 heteroatoms. The Kier molecular flexibility index (Phi) is 6.51. The Labute approximate surface area is 354 Å². The van der Waals surface area contributed by atoms with Crippen LogP contribution in [0.3, 0.4) is 0 Å². The van der Waals surface area contributed by atoms with E-state index in [0.29, 0.717) is 0 Å². The molecular formula is C54H56BN3S. The summed E-state index contributed by atoms with van der Waals surface area (Å²) in [5.74, 6) is 0. The van der Waals surface area contributed by atoms with Crippen LogP contribution in [0.25, 0.3) is 36.9 Å². The van der Waals surface area contributed by atoms with Crippen molar-refractivity contribution in [2.45, 2.75) is 141 Å². The van der Waals surface area contributed by atoms with Crippen LogP contribution in [0, 0.1) is 13.8 Å². The molecule has 0 radical (unpaired) electrons. The summed E-state index contributed by atoms with van der Waals surface area (Å²) in [6.07, 6.45) is 10.0. The first-order valence-corrected chi connectivity index (χ1v) is 23.6. The number of para-hydroxylation sites is 1. The molecule has 6 aliphatic rings. The van der Waals surface area contributed by atoms with Gasteiger partial charge in [0, 0.05) is 54.7 Å². The first-order chi connectivity index (χ1) is 28.2. The van der Waals surface area contributed by atoms with Gasteiger partial charge in [0.2, 0.25) is 0 Å². The molecule has 2 aliphatic carbocycles. The third-order valence-electron chi connectivity index (χ3n) is 17.7. The van der Waals surface area contributed by atoms with Crippen LogP contribution in [0.4, 0.5) is 22.7 Å². The number of rotatable bonds is 1. The van der Waals surface area contributed by atoms with Gasteiger partial charge in [0.05, 0.1) is 26.8 Å². The highest BCUT2D eigenvalue weighted by Gasteiger charge is 2.62. The van der Waals surface area contributed by atoms with Crippen LogP contribution in [0.15, 0.2) is 78.9 Å². The van der Waals surface area contributed by atoms with E-state index >= 15 is 0 Å². The van der Waals surface area contributed by atoms with Gasteiger partial charge in [-0.1, -0.05) is 109 Å². The summed E-state index contributed by atoms with van der Waals surface area (Å²) in [6.45, 7) is 22.6. The molecule has 0 amide bonds. The molecule has 2 aromatic heterocycles. The van der Waals surface area contributed by atoms with Gasteiger partial charge in [-0.05, 0) is 133 Å². The lowest BCUT2D eigenvalue weighted by molar-refractivity contribution is 0.193. The van der Waals surface area contributed by atoms with Gasteiger partial charge in [0.1, 0.15) is 0 Å². The molecule has 3 nitrogen and oxygen atoms in total. The van der Waals surface area contributed by atoms with Gasteiger partial charge in [0.15, 0.2) is 0 Å². The van der Waals surface area contributed by atoms with Crippen molar-refractivity contribution in [1.82, 2.24) is 4.57 Å². The Hall–Kier alpha value is -4.48. The largest absolute Gasteiger partial charge is 0.335 e. The zero-order valence-electron chi connectivity index (χ0n) is 36.5. The highest BCUT2D eigenvalue weighted by atomic mass is 32.1. The lowest BCUT2D eigenvalue weighted by Crippen LogP contribution is -2.64. The molecule has 2 fully saturated rings. The number of aryl methyl sites for hydroxylation is 2. The van der Waals surface area contributed by atoms with Gasteiger partial charge >= 0.3 is 0 Å². The highest BCUT2D eigenvalue weighted by Crippen LogP contribution is 2.65.